The minimum atomic E-state index is 0.0857. The number of methoxy groups -OCH3 is 1. The van der Waals surface area contributed by atoms with E-state index in [0.29, 0.717) is 12.0 Å². The SMILES string of the molecule is COc1ccc([C@H]2CCCCCN2C(=O)[C@H]2C[C@H]3CC[C@H]2O3)cc1. The number of carbonyl (C=O) groups is 1. The monoisotopic (exact) mass is 329 g/mol. The van der Waals surface area contributed by atoms with E-state index in [2.05, 4.69) is 17.0 Å². The summed E-state index contributed by atoms with van der Waals surface area (Å²) in [5.74, 6) is 1.28. The van der Waals surface area contributed by atoms with Crippen molar-refractivity contribution in [2.75, 3.05) is 13.7 Å². The van der Waals surface area contributed by atoms with Gasteiger partial charge in [0.25, 0.3) is 0 Å². The summed E-state index contributed by atoms with van der Waals surface area (Å²) in [6.45, 7) is 0.878. The van der Waals surface area contributed by atoms with Gasteiger partial charge in [-0.1, -0.05) is 25.0 Å². The summed E-state index contributed by atoms with van der Waals surface area (Å²) in [6, 6.07) is 8.44. The van der Waals surface area contributed by atoms with Crippen molar-refractivity contribution in [1.82, 2.24) is 4.90 Å². The normalized spacial score (nSPS) is 32.6. The second-order valence-electron chi connectivity index (χ2n) is 7.39. The number of nitrogens with zero attached hydrogens (tertiary/aromatic N) is 1. The van der Waals surface area contributed by atoms with Gasteiger partial charge in [-0.15, -0.1) is 0 Å². The van der Waals surface area contributed by atoms with Crippen LogP contribution in [0, 0.1) is 5.92 Å². The number of benzene rings is 1. The highest BCUT2D eigenvalue weighted by Gasteiger charge is 2.46. The van der Waals surface area contributed by atoms with Crippen LogP contribution in [0.15, 0.2) is 24.3 Å². The Bertz CT molecular complexity index is 585. The van der Waals surface area contributed by atoms with E-state index in [0.717, 1.165) is 44.4 Å². The maximum atomic E-state index is 13.3. The Labute approximate surface area is 144 Å². The second kappa shape index (κ2) is 6.75. The summed E-state index contributed by atoms with van der Waals surface area (Å²) in [7, 11) is 1.69. The molecule has 0 radical (unpaired) electrons. The molecule has 1 amide bonds. The van der Waals surface area contributed by atoms with Crippen LogP contribution in [0.25, 0.3) is 0 Å². The van der Waals surface area contributed by atoms with Crippen molar-refractivity contribution in [1.29, 1.82) is 0 Å². The number of rotatable bonds is 3. The topological polar surface area (TPSA) is 38.8 Å². The molecule has 24 heavy (non-hydrogen) atoms. The summed E-state index contributed by atoms with van der Waals surface area (Å²) in [5, 5.41) is 0. The van der Waals surface area contributed by atoms with Gasteiger partial charge in [0.1, 0.15) is 5.75 Å². The van der Waals surface area contributed by atoms with E-state index in [1.165, 1.54) is 18.4 Å². The van der Waals surface area contributed by atoms with Crippen molar-refractivity contribution < 1.29 is 14.3 Å². The Morgan fingerprint density at radius 1 is 1.12 bits per heavy atom. The Hall–Kier alpha value is -1.55. The molecule has 3 aliphatic heterocycles. The highest BCUT2D eigenvalue weighted by atomic mass is 16.5. The zero-order valence-corrected chi connectivity index (χ0v) is 14.4. The molecule has 130 valence electrons. The van der Waals surface area contributed by atoms with Gasteiger partial charge in [0, 0.05) is 6.54 Å². The molecule has 4 heteroatoms. The molecule has 3 fully saturated rings. The van der Waals surface area contributed by atoms with E-state index in [1.807, 2.05) is 12.1 Å². The van der Waals surface area contributed by atoms with Crippen LogP contribution in [0.2, 0.25) is 0 Å². The minimum absolute atomic E-state index is 0.0857. The number of carbonyl (C=O) groups excluding carboxylic acids is 1. The molecule has 4 rings (SSSR count). The maximum Gasteiger partial charge on any atom is 0.228 e. The first-order chi connectivity index (χ1) is 11.8. The van der Waals surface area contributed by atoms with Gasteiger partial charge < -0.3 is 14.4 Å². The first-order valence-corrected chi connectivity index (χ1v) is 9.36. The van der Waals surface area contributed by atoms with Crippen LogP contribution in [0.1, 0.15) is 56.6 Å². The van der Waals surface area contributed by atoms with Crippen molar-refractivity contribution in [3.63, 3.8) is 0 Å². The van der Waals surface area contributed by atoms with E-state index >= 15 is 0 Å². The lowest BCUT2D eigenvalue weighted by molar-refractivity contribution is -0.139. The molecule has 2 bridgehead atoms. The van der Waals surface area contributed by atoms with Gasteiger partial charge in [0.2, 0.25) is 5.91 Å². The minimum Gasteiger partial charge on any atom is -0.497 e. The molecule has 0 aliphatic carbocycles. The molecule has 3 aliphatic rings. The Kier molecular flexibility index (Phi) is 4.49. The number of likely N-dealkylation sites (tertiary alicyclic amines) is 1. The molecule has 3 heterocycles. The van der Waals surface area contributed by atoms with E-state index in [1.54, 1.807) is 7.11 Å². The third kappa shape index (κ3) is 2.92. The molecule has 0 unspecified atom stereocenters. The van der Waals surface area contributed by atoms with Gasteiger partial charge in [-0.2, -0.15) is 0 Å². The first-order valence-electron chi connectivity index (χ1n) is 9.36. The van der Waals surface area contributed by atoms with Gasteiger partial charge >= 0.3 is 0 Å². The quantitative estimate of drug-likeness (QED) is 0.848. The third-order valence-corrected chi connectivity index (χ3v) is 5.96. The van der Waals surface area contributed by atoms with E-state index < -0.39 is 0 Å². The predicted octanol–water partition coefficient (Wildman–Crippen LogP) is 3.71. The molecule has 3 saturated heterocycles. The molecule has 0 aromatic heterocycles. The average Bonchev–Trinajstić information content (AvgIpc) is 3.17. The van der Waals surface area contributed by atoms with Crippen molar-refractivity contribution in [3.8, 4) is 5.75 Å². The molecule has 4 atom stereocenters. The zero-order valence-electron chi connectivity index (χ0n) is 14.4. The fourth-order valence-electron chi connectivity index (χ4n) is 4.66. The lowest BCUT2D eigenvalue weighted by Gasteiger charge is -2.34. The molecular formula is C20H27NO3. The summed E-state index contributed by atoms with van der Waals surface area (Å²) < 4.78 is 11.2. The van der Waals surface area contributed by atoms with Crippen LogP contribution in [-0.4, -0.2) is 36.7 Å². The van der Waals surface area contributed by atoms with Crippen LogP contribution in [-0.2, 0) is 9.53 Å². The van der Waals surface area contributed by atoms with Crippen molar-refractivity contribution in [2.45, 2.75) is 63.2 Å². The number of hydrogen-bond acceptors (Lipinski definition) is 3. The number of ether oxygens (including phenoxy) is 2. The largest absolute Gasteiger partial charge is 0.497 e. The molecule has 1 aromatic carbocycles. The smallest absolute Gasteiger partial charge is 0.228 e. The van der Waals surface area contributed by atoms with Crippen LogP contribution in [0.5, 0.6) is 5.75 Å². The van der Waals surface area contributed by atoms with Crippen molar-refractivity contribution >= 4 is 5.91 Å². The summed E-state index contributed by atoms with van der Waals surface area (Å²) >= 11 is 0. The third-order valence-electron chi connectivity index (χ3n) is 5.96. The highest BCUT2D eigenvalue weighted by Crippen LogP contribution is 2.41. The summed E-state index contributed by atoms with van der Waals surface area (Å²) in [5.41, 5.74) is 1.23. The number of hydrogen-bond donors (Lipinski definition) is 0. The van der Waals surface area contributed by atoms with Gasteiger partial charge in [0.15, 0.2) is 0 Å². The molecule has 1 aromatic rings. The molecule has 0 saturated carbocycles. The average molecular weight is 329 g/mol. The Balaban J connectivity index is 1.56. The molecule has 4 nitrogen and oxygen atoms in total. The predicted molar refractivity (Wildman–Crippen MR) is 91.9 cm³/mol. The highest BCUT2D eigenvalue weighted by molar-refractivity contribution is 5.80. The first kappa shape index (κ1) is 15.9. The van der Waals surface area contributed by atoms with Crippen LogP contribution >= 0.6 is 0 Å². The maximum absolute atomic E-state index is 13.3. The van der Waals surface area contributed by atoms with Crippen molar-refractivity contribution in [2.24, 2.45) is 5.92 Å². The van der Waals surface area contributed by atoms with E-state index in [4.69, 9.17) is 9.47 Å². The molecule has 0 spiro atoms. The van der Waals surface area contributed by atoms with Crippen LogP contribution < -0.4 is 4.74 Å². The van der Waals surface area contributed by atoms with Gasteiger partial charge in [-0.3, -0.25) is 4.79 Å². The van der Waals surface area contributed by atoms with Gasteiger partial charge in [0.05, 0.1) is 31.3 Å². The fraction of sp³-hybridized carbons (Fsp3) is 0.650. The Morgan fingerprint density at radius 3 is 2.62 bits per heavy atom. The Morgan fingerprint density at radius 2 is 1.96 bits per heavy atom. The van der Waals surface area contributed by atoms with E-state index in [9.17, 15) is 4.79 Å². The molecule has 0 N–H and O–H groups in total. The summed E-state index contributed by atoms with van der Waals surface area (Å²) in [6.07, 6.45) is 8.18. The van der Waals surface area contributed by atoms with Gasteiger partial charge in [-0.25, -0.2) is 0 Å². The van der Waals surface area contributed by atoms with E-state index in [-0.39, 0.29) is 18.1 Å². The van der Waals surface area contributed by atoms with Gasteiger partial charge in [-0.05, 0) is 49.8 Å². The zero-order chi connectivity index (χ0) is 16.5. The summed E-state index contributed by atoms with van der Waals surface area (Å²) in [4.78, 5) is 15.4. The number of fused-ring (bicyclic) bond motifs is 2. The fourth-order valence-corrected chi connectivity index (χ4v) is 4.66. The lowest BCUT2D eigenvalue weighted by atomic mass is 9.87. The van der Waals surface area contributed by atoms with Crippen molar-refractivity contribution in [3.05, 3.63) is 29.8 Å². The van der Waals surface area contributed by atoms with Crippen LogP contribution in [0.4, 0.5) is 0 Å². The van der Waals surface area contributed by atoms with Crippen LogP contribution in [0.3, 0.4) is 0 Å². The second-order valence-corrected chi connectivity index (χ2v) is 7.39. The number of amides is 1. The lowest BCUT2D eigenvalue weighted by Crippen LogP contribution is -2.42. The molecular weight excluding hydrogens is 302 g/mol. The standard InChI is InChI=1S/C20H27NO3/c1-23-15-8-6-14(7-9-15)18-5-3-2-4-12-21(18)20(22)17-13-16-10-11-19(17)24-16/h6-9,16-19H,2-5,10-13H2,1H3/t16-,17+,18-,19-/m1/s1.